The molecule has 1 aliphatic carbocycles. The minimum Gasteiger partial charge on any atom is -0.481 e. The van der Waals surface area contributed by atoms with E-state index in [0.717, 1.165) is 18.9 Å². The second-order valence-electron chi connectivity index (χ2n) is 5.73. The van der Waals surface area contributed by atoms with Crippen LogP contribution < -0.4 is 10.2 Å². The van der Waals surface area contributed by atoms with Crippen molar-refractivity contribution in [1.82, 2.24) is 4.98 Å². The molecule has 2 fully saturated rings. The molecule has 1 aromatic rings. The molecule has 0 radical (unpaired) electrons. The maximum Gasteiger partial charge on any atom is 0.307 e. The number of carboxylic acids is 1. The quantitative estimate of drug-likeness (QED) is 0.882. The Morgan fingerprint density at radius 1 is 1.19 bits per heavy atom. The molecule has 3 rings (SSSR count). The predicted molar refractivity (Wildman–Crippen MR) is 78.2 cm³/mol. The average molecular weight is 289 g/mol. The van der Waals surface area contributed by atoms with Crippen LogP contribution in [-0.2, 0) is 9.59 Å². The van der Waals surface area contributed by atoms with Crippen LogP contribution in [0.3, 0.4) is 0 Å². The normalized spacial score (nSPS) is 24.5. The van der Waals surface area contributed by atoms with E-state index in [1.165, 1.54) is 19.3 Å². The SMILES string of the molecule is O=C(O)C1CC1C(=O)Nc1ccc(N2CCCCC2)nc1. The van der Waals surface area contributed by atoms with Gasteiger partial charge in [-0.2, -0.15) is 0 Å². The molecule has 2 N–H and O–H groups in total. The minimum atomic E-state index is -0.895. The van der Waals surface area contributed by atoms with Gasteiger partial charge in [0.25, 0.3) is 0 Å². The fraction of sp³-hybridized carbons (Fsp3) is 0.533. The molecular weight excluding hydrogens is 270 g/mol. The highest BCUT2D eigenvalue weighted by Crippen LogP contribution is 2.39. The van der Waals surface area contributed by atoms with Gasteiger partial charge in [0, 0.05) is 13.1 Å². The summed E-state index contributed by atoms with van der Waals surface area (Å²) in [5.74, 6) is -1.11. The van der Waals surface area contributed by atoms with Crippen LogP contribution in [0.2, 0.25) is 0 Å². The summed E-state index contributed by atoms with van der Waals surface area (Å²) < 4.78 is 0. The fourth-order valence-electron chi connectivity index (χ4n) is 2.76. The maximum absolute atomic E-state index is 11.9. The number of piperidine rings is 1. The van der Waals surface area contributed by atoms with Crippen molar-refractivity contribution in [3.05, 3.63) is 18.3 Å². The summed E-state index contributed by atoms with van der Waals surface area (Å²) in [7, 11) is 0. The van der Waals surface area contributed by atoms with Gasteiger partial charge >= 0.3 is 5.97 Å². The monoisotopic (exact) mass is 289 g/mol. The molecule has 0 bridgehead atoms. The predicted octanol–water partition coefficient (Wildman–Crippen LogP) is 1.73. The van der Waals surface area contributed by atoms with Gasteiger partial charge in [-0.3, -0.25) is 9.59 Å². The van der Waals surface area contributed by atoms with E-state index in [1.54, 1.807) is 6.20 Å². The second kappa shape index (κ2) is 5.71. The van der Waals surface area contributed by atoms with Crippen molar-refractivity contribution in [1.29, 1.82) is 0 Å². The fourth-order valence-corrected chi connectivity index (χ4v) is 2.76. The number of amides is 1. The zero-order chi connectivity index (χ0) is 14.8. The number of carboxylic acid groups (broad SMARTS) is 1. The van der Waals surface area contributed by atoms with Gasteiger partial charge in [-0.1, -0.05) is 0 Å². The van der Waals surface area contributed by atoms with E-state index in [4.69, 9.17) is 5.11 Å². The molecule has 112 valence electrons. The molecule has 6 nitrogen and oxygen atoms in total. The number of aromatic nitrogens is 1. The van der Waals surface area contributed by atoms with E-state index in [9.17, 15) is 9.59 Å². The third-order valence-corrected chi connectivity index (χ3v) is 4.14. The lowest BCUT2D eigenvalue weighted by Crippen LogP contribution is -2.30. The first-order valence-corrected chi connectivity index (χ1v) is 7.40. The number of nitrogens with zero attached hydrogens (tertiary/aromatic N) is 2. The van der Waals surface area contributed by atoms with E-state index in [2.05, 4.69) is 15.2 Å². The Balaban J connectivity index is 1.57. The van der Waals surface area contributed by atoms with Crippen molar-refractivity contribution in [3.8, 4) is 0 Å². The summed E-state index contributed by atoms with van der Waals surface area (Å²) >= 11 is 0. The minimum absolute atomic E-state index is 0.227. The Hall–Kier alpha value is -2.11. The van der Waals surface area contributed by atoms with Crippen molar-refractivity contribution in [2.24, 2.45) is 11.8 Å². The van der Waals surface area contributed by atoms with Crippen LogP contribution in [0, 0.1) is 11.8 Å². The molecule has 21 heavy (non-hydrogen) atoms. The summed E-state index contributed by atoms with van der Waals surface area (Å²) in [4.78, 5) is 29.2. The highest BCUT2D eigenvalue weighted by atomic mass is 16.4. The number of anilines is 2. The number of rotatable bonds is 4. The van der Waals surface area contributed by atoms with E-state index in [1.807, 2.05) is 12.1 Å². The number of hydrogen-bond acceptors (Lipinski definition) is 4. The van der Waals surface area contributed by atoms with Gasteiger partial charge in [0.05, 0.1) is 23.7 Å². The maximum atomic E-state index is 11.9. The third kappa shape index (κ3) is 3.15. The zero-order valence-corrected chi connectivity index (χ0v) is 11.8. The van der Waals surface area contributed by atoms with Crippen molar-refractivity contribution in [3.63, 3.8) is 0 Å². The molecule has 1 amide bonds. The van der Waals surface area contributed by atoms with Crippen molar-refractivity contribution >= 4 is 23.4 Å². The molecule has 1 saturated carbocycles. The molecule has 0 spiro atoms. The molecule has 2 unspecified atom stereocenters. The molecule has 2 heterocycles. The molecule has 2 aliphatic rings. The number of carbonyl (C=O) groups excluding carboxylic acids is 1. The Bertz CT molecular complexity index is 538. The lowest BCUT2D eigenvalue weighted by atomic mass is 10.1. The van der Waals surface area contributed by atoms with E-state index < -0.39 is 17.8 Å². The number of hydrogen-bond donors (Lipinski definition) is 2. The number of aliphatic carboxylic acids is 1. The largest absolute Gasteiger partial charge is 0.481 e. The topological polar surface area (TPSA) is 82.5 Å². The van der Waals surface area contributed by atoms with E-state index >= 15 is 0 Å². The third-order valence-electron chi connectivity index (χ3n) is 4.14. The van der Waals surface area contributed by atoms with Gasteiger partial charge in [0.1, 0.15) is 5.82 Å². The molecule has 0 aromatic carbocycles. The standard InChI is InChI=1S/C15H19N3O3/c19-14(11-8-12(11)15(20)21)17-10-4-5-13(16-9-10)18-6-2-1-3-7-18/h4-5,9,11-12H,1-3,6-8H2,(H,17,19)(H,20,21). The lowest BCUT2D eigenvalue weighted by Gasteiger charge is -2.27. The first-order chi connectivity index (χ1) is 10.1. The van der Waals surface area contributed by atoms with Crippen LogP contribution >= 0.6 is 0 Å². The second-order valence-corrected chi connectivity index (χ2v) is 5.73. The molecule has 1 aromatic heterocycles. The van der Waals surface area contributed by atoms with E-state index in [0.29, 0.717) is 12.1 Å². The zero-order valence-electron chi connectivity index (χ0n) is 11.8. The van der Waals surface area contributed by atoms with Crippen LogP contribution in [0.5, 0.6) is 0 Å². The van der Waals surface area contributed by atoms with Crippen LogP contribution in [0.15, 0.2) is 18.3 Å². The number of carbonyl (C=O) groups is 2. The van der Waals surface area contributed by atoms with Gasteiger partial charge in [0.15, 0.2) is 0 Å². The molecule has 1 aliphatic heterocycles. The number of pyridine rings is 1. The summed E-state index contributed by atoms with van der Waals surface area (Å²) in [6.07, 6.45) is 5.73. The smallest absolute Gasteiger partial charge is 0.307 e. The van der Waals surface area contributed by atoms with Crippen LogP contribution in [-0.4, -0.2) is 35.1 Å². The highest BCUT2D eigenvalue weighted by molar-refractivity contribution is 5.98. The van der Waals surface area contributed by atoms with Crippen molar-refractivity contribution in [2.45, 2.75) is 25.7 Å². The summed E-state index contributed by atoms with van der Waals surface area (Å²) in [5, 5.41) is 11.6. The summed E-state index contributed by atoms with van der Waals surface area (Å²) in [6.45, 7) is 2.06. The summed E-state index contributed by atoms with van der Waals surface area (Å²) in [5.41, 5.74) is 0.622. The van der Waals surface area contributed by atoms with Crippen LogP contribution in [0.4, 0.5) is 11.5 Å². The first-order valence-electron chi connectivity index (χ1n) is 7.40. The Labute approximate surface area is 123 Å². The van der Waals surface area contributed by atoms with Crippen molar-refractivity contribution < 1.29 is 14.7 Å². The number of nitrogens with one attached hydrogen (secondary N) is 1. The van der Waals surface area contributed by atoms with Crippen molar-refractivity contribution in [2.75, 3.05) is 23.3 Å². The molecule has 2 atom stereocenters. The molecule has 1 saturated heterocycles. The van der Waals surface area contributed by atoms with Gasteiger partial charge in [-0.15, -0.1) is 0 Å². The van der Waals surface area contributed by atoms with Gasteiger partial charge in [-0.05, 0) is 37.8 Å². The van der Waals surface area contributed by atoms with Crippen LogP contribution in [0.1, 0.15) is 25.7 Å². The Morgan fingerprint density at radius 3 is 2.52 bits per heavy atom. The Morgan fingerprint density at radius 2 is 1.95 bits per heavy atom. The van der Waals surface area contributed by atoms with Crippen LogP contribution in [0.25, 0.3) is 0 Å². The lowest BCUT2D eigenvalue weighted by molar-refractivity contribution is -0.139. The van der Waals surface area contributed by atoms with Gasteiger partial charge in [-0.25, -0.2) is 4.98 Å². The van der Waals surface area contributed by atoms with E-state index in [-0.39, 0.29) is 5.91 Å². The Kier molecular flexibility index (Phi) is 3.77. The average Bonchev–Trinajstić information content (AvgIpc) is 3.30. The highest BCUT2D eigenvalue weighted by Gasteiger charge is 2.48. The first kappa shape index (κ1) is 13.9. The molecular formula is C15H19N3O3. The van der Waals surface area contributed by atoms with Gasteiger partial charge < -0.3 is 15.3 Å². The van der Waals surface area contributed by atoms with Gasteiger partial charge in [0.2, 0.25) is 5.91 Å². The summed E-state index contributed by atoms with van der Waals surface area (Å²) in [6, 6.07) is 3.73. The molecule has 6 heteroatoms.